The first-order valence-electron chi connectivity index (χ1n) is 9.39. The summed E-state index contributed by atoms with van der Waals surface area (Å²) in [7, 11) is 0. The third-order valence-electron chi connectivity index (χ3n) is 5.49. The highest BCUT2D eigenvalue weighted by Gasteiger charge is 2.26. The van der Waals surface area contributed by atoms with E-state index in [-0.39, 0.29) is 5.91 Å². The third kappa shape index (κ3) is 2.90. The van der Waals surface area contributed by atoms with Crippen LogP contribution in [0.1, 0.15) is 34.1 Å². The summed E-state index contributed by atoms with van der Waals surface area (Å²) < 4.78 is 3.55. The molecule has 5 rings (SSSR count). The van der Waals surface area contributed by atoms with E-state index in [9.17, 15) is 4.79 Å². The molecule has 0 N–H and O–H groups in total. The van der Waals surface area contributed by atoms with Gasteiger partial charge in [0.1, 0.15) is 0 Å². The number of piperazine rings is 1. The molecular weight excluding hydrogens is 342 g/mol. The molecule has 1 aliphatic heterocycles. The van der Waals surface area contributed by atoms with Crippen molar-refractivity contribution in [3.05, 3.63) is 53.2 Å². The quantitative estimate of drug-likeness (QED) is 0.692. The fraction of sp³-hybridized carbons (Fsp3) is 0.381. The molecule has 0 radical (unpaired) electrons. The van der Waals surface area contributed by atoms with Crippen LogP contribution >= 0.6 is 11.3 Å². The van der Waals surface area contributed by atoms with Crippen molar-refractivity contribution in [1.29, 1.82) is 0 Å². The molecule has 0 bridgehead atoms. The predicted octanol–water partition coefficient (Wildman–Crippen LogP) is 4.31. The number of nitrogens with zero attached hydrogens (tertiary/aromatic N) is 3. The lowest BCUT2D eigenvalue weighted by Gasteiger charge is -2.36. The molecule has 1 saturated carbocycles. The van der Waals surface area contributed by atoms with Crippen LogP contribution in [0.4, 0.5) is 5.69 Å². The van der Waals surface area contributed by atoms with Crippen molar-refractivity contribution in [3.8, 4) is 0 Å². The predicted molar refractivity (Wildman–Crippen MR) is 107 cm³/mol. The molecule has 1 saturated heterocycles. The second kappa shape index (κ2) is 6.16. The summed E-state index contributed by atoms with van der Waals surface area (Å²) in [5.41, 5.74) is 2.53. The second-order valence-electron chi connectivity index (χ2n) is 7.48. The van der Waals surface area contributed by atoms with Crippen LogP contribution in [0.15, 0.2) is 42.7 Å². The molecule has 134 valence electrons. The average molecular weight is 366 g/mol. The molecule has 1 aliphatic carbocycles. The number of hydrogen-bond donors (Lipinski definition) is 0. The van der Waals surface area contributed by atoms with E-state index in [2.05, 4.69) is 59.1 Å². The van der Waals surface area contributed by atoms with Crippen LogP contribution in [0.2, 0.25) is 0 Å². The fourth-order valence-electron chi connectivity index (χ4n) is 3.72. The van der Waals surface area contributed by atoms with Gasteiger partial charge in [-0.15, -0.1) is 11.3 Å². The van der Waals surface area contributed by atoms with Gasteiger partial charge in [-0.3, -0.25) is 4.79 Å². The van der Waals surface area contributed by atoms with Crippen LogP contribution in [0, 0.1) is 6.92 Å². The number of benzene rings is 1. The standard InChI is InChI=1S/C21H23N3OS/c1-15-2-4-17(5-3-15)22-8-10-23(11-9-22)21(25)19-12-16-13-24(18-6-7-18)14-20(16)26-19/h2-5,12-14,18H,6-11H2,1H3. The van der Waals surface area contributed by atoms with Crippen LogP contribution in [-0.4, -0.2) is 41.6 Å². The average Bonchev–Trinajstić information content (AvgIpc) is 3.32. The number of anilines is 1. The molecule has 0 unspecified atom stereocenters. The van der Waals surface area contributed by atoms with Crippen LogP contribution in [0.5, 0.6) is 0 Å². The van der Waals surface area contributed by atoms with Crippen LogP contribution in [0.25, 0.3) is 10.1 Å². The molecule has 4 nitrogen and oxygen atoms in total. The summed E-state index contributed by atoms with van der Waals surface area (Å²) in [6, 6.07) is 11.4. The van der Waals surface area contributed by atoms with E-state index in [0.29, 0.717) is 6.04 Å². The van der Waals surface area contributed by atoms with Crippen LogP contribution < -0.4 is 4.90 Å². The van der Waals surface area contributed by atoms with Gasteiger partial charge >= 0.3 is 0 Å². The first-order valence-corrected chi connectivity index (χ1v) is 10.2. The number of amides is 1. The maximum absolute atomic E-state index is 12.9. The lowest BCUT2D eigenvalue weighted by atomic mass is 10.2. The molecule has 2 aromatic heterocycles. The minimum absolute atomic E-state index is 0.188. The molecule has 26 heavy (non-hydrogen) atoms. The molecule has 2 aliphatic rings. The zero-order valence-electron chi connectivity index (χ0n) is 15.0. The van der Waals surface area contributed by atoms with Gasteiger partial charge < -0.3 is 14.4 Å². The van der Waals surface area contributed by atoms with Gasteiger partial charge in [0.25, 0.3) is 5.91 Å². The number of hydrogen-bond acceptors (Lipinski definition) is 3. The van der Waals surface area contributed by atoms with Gasteiger partial charge in [-0.05, 0) is 38.0 Å². The Morgan fingerprint density at radius 2 is 1.77 bits per heavy atom. The van der Waals surface area contributed by atoms with E-state index >= 15 is 0 Å². The first-order chi connectivity index (χ1) is 12.7. The van der Waals surface area contributed by atoms with Gasteiger partial charge in [0.2, 0.25) is 0 Å². The van der Waals surface area contributed by atoms with Gasteiger partial charge in [0.05, 0.1) is 9.58 Å². The monoisotopic (exact) mass is 365 g/mol. The molecule has 0 atom stereocenters. The zero-order valence-corrected chi connectivity index (χ0v) is 15.8. The largest absolute Gasteiger partial charge is 0.368 e. The maximum atomic E-state index is 12.9. The molecule has 3 aromatic rings. The van der Waals surface area contributed by atoms with Gasteiger partial charge in [0.15, 0.2) is 0 Å². The number of fused-ring (bicyclic) bond motifs is 1. The number of carbonyl (C=O) groups excluding carboxylic acids is 1. The highest BCUT2D eigenvalue weighted by Crippen LogP contribution is 2.38. The lowest BCUT2D eigenvalue weighted by Crippen LogP contribution is -2.48. The number of carbonyl (C=O) groups is 1. The van der Waals surface area contributed by atoms with Crippen molar-refractivity contribution < 1.29 is 4.79 Å². The van der Waals surface area contributed by atoms with E-state index in [0.717, 1.165) is 31.1 Å². The number of rotatable bonds is 3. The number of aromatic nitrogens is 1. The van der Waals surface area contributed by atoms with Crippen molar-refractivity contribution in [1.82, 2.24) is 9.47 Å². The van der Waals surface area contributed by atoms with Crippen LogP contribution in [0.3, 0.4) is 0 Å². The van der Waals surface area contributed by atoms with Crippen molar-refractivity contribution in [3.63, 3.8) is 0 Å². The SMILES string of the molecule is Cc1ccc(N2CCN(C(=O)c3cc4cn(C5CC5)cc4s3)CC2)cc1. The topological polar surface area (TPSA) is 28.5 Å². The highest BCUT2D eigenvalue weighted by atomic mass is 32.1. The van der Waals surface area contributed by atoms with Crippen molar-refractivity contribution >= 4 is 33.0 Å². The Balaban J connectivity index is 1.26. The Hall–Kier alpha value is -2.27. The number of thiophene rings is 1. The smallest absolute Gasteiger partial charge is 0.264 e. The van der Waals surface area contributed by atoms with E-state index in [1.54, 1.807) is 11.3 Å². The molecular formula is C21H23N3OS. The summed E-state index contributed by atoms with van der Waals surface area (Å²) in [4.78, 5) is 18.1. The summed E-state index contributed by atoms with van der Waals surface area (Å²) >= 11 is 1.64. The minimum atomic E-state index is 0.188. The normalized spacial score (nSPS) is 17.9. The maximum Gasteiger partial charge on any atom is 0.264 e. The van der Waals surface area contributed by atoms with Crippen LogP contribution in [-0.2, 0) is 0 Å². The first kappa shape index (κ1) is 15.9. The molecule has 1 amide bonds. The Morgan fingerprint density at radius 3 is 2.42 bits per heavy atom. The summed E-state index contributed by atoms with van der Waals surface area (Å²) in [5, 5.41) is 1.21. The summed E-state index contributed by atoms with van der Waals surface area (Å²) in [6.07, 6.45) is 7.00. The molecule has 1 aromatic carbocycles. The molecule has 3 heterocycles. The minimum Gasteiger partial charge on any atom is -0.368 e. The summed E-state index contributed by atoms with van der Waals surface area (Å²) in [5.74, 6) is 0.188. The number of aryl methyl sites for hydroxylation is 1. The van der Waals surface area contributed by atoms with Gasteiger partial charge in [-0.1, -0.05) is 17.7 Å². The lowest BCUT2D eigenvalue weighted by molar-refractivity contribution is 0.0752. The van der Waals surface area contributed by atoms with E-state index < -0.39 is 0 Å². The second-order valence-corrected chi connectivity index (χ2v) is 8.57. The van der Waals surface area contributed by atoms with E-state index in [1.165, 1.54) is 34.2 Å². The van der Waals surface area contributed by atoms with Gasteiger partial charge in [-0.2, -0.15) is 0 Å². The molecule has 2 fully saturated rings. The fourth-order valence-corrected chi connectivity index (χ4v) is 4.77. The Morgan fingerprint density at radius 1 is 1.04 bits per heavy atom. The zero-order chi connectivity index (χ0) is 17.7. The molecule has 0 spiro atoms. The Kier molecular flexibility index (Phi) is 3.78. The molecule has 5 heteroatoms. The summed E-state index contributed by atoms with van der Waals surface area (Å²) in [6.45, 7) is 5.48. The van der Waals surface area contributed by atoms with Gasteiger partial charge in [-0.25, -0.2) is 0 Å². The van der Waals surface area contributed by atoms with E-state index in [1.807, 2.05) is 4.90 Å². The van der Waals surface area contributed by atoms with Gasteiger partial charge in [0, 0.05) is 55.7 Å². The van der Waals surface area contributed by atoms with Crippen molar-refractivity contribution in [2.24, 2.45) is 0 Å². The Bertz CT molecular complexity index is 912. The third-order valence-corrected chi connectivity index (χ3v) is 6.56. The van der Waals surface area contributed by atoms with E-state index in [4.69, 9.17) is 0 Å². The highest BCUT2D eigenvalue weighted by molar-refractivity contribution is 7.20. The Labute approximate surface area is 157 Å². The van der Waals surface area contributed by atoms with Crippen molar-refractivity contribution in [2.75, 3.05) is 31.1 Å². The van der Waals surface area contributed by atoms with Crippen molar-refractivity contribution in [2.45, 2.75) is 25.8 Å².